The van der Waals surface area contributed by atoms with Crippen molar-refractivity contribution in [3.8, 4) is 0 Å². The van der Waals surface area contributed by atoms with Crippen LogP contribution in [-0.2, 0) is 20.5 Å². The van der Waals surface area contributed by atoms with E-state index < -0.39 is 11.0 Å². The Morgan fingerprint density at radius 2 is 1.61 bits per heavy atom. The van der Waals surface area contributed by atoms with Gasteiger partial charge in [0.25, 0.3) is 0 Å². The summed E-state index contributed by atoms with van der Waals surface area (Å²) in [5, 5.41) is 0. The molecule has 1 atom stereocenters. The van der Waals surface area contributed by atoms with E-state index >= 15 is 0 Å². The predicted octanol–water partition coefficient (Wildman–Crippen LogP) is 3.98. The molecule has 1 amide bonds. The number of rotatable bonds is 4. The number of nitrogens with zero attached hydrogens (tertiary/aromatic N) is 3. The molecule has 2 aliphatic heterocycles. The van der Waals surface area contributed by atoms with Crippen LogP contribution >= 0.6 is 0 Å². The number of pyridine rings is 2. The molecule has 2 fully saturated rings. The van der Waals surface area contributed by atoms with Gasteiger partial charge < -0.3 is 9.64 Å². The summed E-state index contributed by atoms with van der Waals surface area (Å²) in [4.78, 5) is 35.9. The lowest BCUT2D eigenvalue weighted by Crippen LogP contribution is -2.40. The number of hydrogen-bond donors (Lipinski definition) is 0. The highest BCUT2D eigenvalue weighted by Gasteiger charge is 2.57. The smallest absolute Gasteiger partial charge is 0.341 e. The quantitative estimate of drug-likeness (QED) is 0.578. The molecule has 33 heavy (non-hydrogen) atoms. The summed E-state index contributed by atoms with van der Waals surface area (Å²) < 4.78 is 5.79. The Hall–Kier alpha value is -3.80. The number of benzene rings is 1. The number of esters is 1. The second-order valence-corrected chi connectivity index (χ2v) is 9.10. The van der Waals surface area contributed by atoms with E-state index in [9.17, 15) is 9.59 Å². The van der Waals surface area contributed by atoms with E-state index in [0.717, 1.165) is 35.1 Å². The molecule has 3 aromatic rings. The lowest BCUT2D eigenvalue weighted by Gasteiger charge is -2.27. The van der Waals surface area contributed by atoms with E-state index in [1.165, 1.54) is 0 Å². The molecule has 1 aromatic carbocycles. The molecule has 0 N–H and O–H groups in total. The van der Waals surface area contributed by atoms with Gasteiger partial charge in [0.05, 0.1) is 17.5 Å². The summed E-state index contributed by atoms with van der Waals surface area (Å²) in [6.45, 7) is 0.992. The Balaban J connectivity index is 1.19. The number of carbonyl (C=O) groups is 2. The highest BCUT2D eigenvalue weighted by Crippen LogP contribution is 2.52. The minimum Gasteiger partial charge on any atom is -0.449 e. The number of hydrogen-bond acceptors (Lipinski definition) is 5. The van der Waals surface area contributed by atoms with E-state index in [1.54, 1.807) is 24.8 Å². The molecule has 6 rings (SSSR count). The van der Waals surface area contributed by atoms with Crippen molar-refractivity contribution < 1.29 is 14.3 Å². The van der Waals surface area contributed by atoms with E-state index in [0.29, 0.717) is 25.1 Å². The van der Waals surface area contributed by atoms with Crippen LogP contribution in [0.25, 0.3) is 12.2 Å². The van der Waals surface area contributed by atoms with Gasteiger partial charge in [0, 0.05) is 43.3 Å². The fraction of sp³-hybridized carbons (Fsp3) is 0.259. The molecule has 1 saturated heterocycles. The van der Waals surface area contributed by atoms with Gasteiger partial charge in [-0.25, -0.2) is 4.79 Å². The largest absolute Gasteiger partial charge is 0.449 e. The minimum absolute atomic E-state index is 0.137. The van der Waals surface area contributed by atoms with Crippen molar-refractivity contribution in [3.05, 3.63) is 95.1 Å². The second-order valence-electron chi connectivity index (χ2n) is 9.10. The molecule has 1 spiro atoms. The van der Waals surface area contributed by atoms with Gasteiger partial charge in [-0.05, 0) is 47.7 Å². The third kappa shape index (κ3) is 3.25. The SMILES string of the molecule is O=C1O[C@]2(CCN(C(=O)C3(c4ccc(/C=C/c5ccncc5)cc4)CC3)C2)c2ccncc21. The number of ether oxygens (including phenoxy) is 1. The van der Waals surface area contributed by atoms with Crippen molar-refractivity contribution in [2.75, 3.05) is 13.1 Å². The summed E-state index contributed by atoms with van der Waals surface area (Å²) in [6, 6.07) is 14.0. The molecular formula is C27H23N3O3. The summed E-state index contributed by atoms with van der Waals surface area (Å²) in [7, 11) is 0. The van der Waals surface area contributed by atoms with Crippen LogP contribution in [0.15, 0.2) is 67.3 Å². The van der Waals surface area contributed by atoms with E-state index in [-0.39, 0.29) is 11.9 Å². The van der Waals surface area contributed by atoms with Gasteiger partial charge >= 0.3 is 5.97 Å². The molecule has 0 unspecified atom stereocenters. The van der Waals surface area contributed by atoms with Crippen LogP contribution in [0.2, 0.25) is 0 Å². The van der Waals surface area contributed by atoms with Gasteiger partial charge in [0.1, 0.15) is 0 Å². The van der Waals surface area contributed by atoms with Crippen LogP contribution in [0.3, 0.4) is 0 Å². The maximum absolute atomic E-state index is 13.6. The average molecular weight is 437 g/mol. The lowest BCUT2D eigenvalue weighted by atomic mass is 9.92. The standard InChI is InChI=1S/C27H23N3O3/c31-24-22-17-29-15-9-23(22)27(33-24)12-16-30(18-27)25(32)26(10-11-26)21-5-3-19(4-6-21)1-2-20-7-13-28-14-8-20/h1-9,13-15,17H,10-12,16,18H2/b2-1+/t27-/m0/s1. The number of fused-ring (bicyclic) bond motifs is 2. The summed E-state index contributed by atoms with van der Waals surface area (Å²) in [5.74, 6) is -0.207. The number of aromatic nitrogens is 2. The van der Waals surface area contributed by atoms with Crippen LogP contribution in [-0.4, -0.2) is 39.8 Å². The highest BCUT2D eigenvalue weighted by molar-refractivity contribution is 5.95. The van der Waals surface area contributed by atoms with Gasteiger partial charge in [-0.15, -0.1) is 0 Å². The topological polar surface area (TPSA) is 72.4 Å². The fourth-order valence-corrected chi connectivity index (χ4v) is 5.13. The third-order valence-electron chi connectivity index (χ3n) is 7.14. The number of amides is 1. The maximum Gasteiger partial charge on any atom is 0.341 e. The first-order chi connectivity index (χ1) is 16.1. The summed E-state index contributed by atoms with van der Waals surface area (Å²) >= 11 is 0. The minimum atomic E-state index is -0.733. The molecule has 2 aromatic heterocycles. The van der Waals surface area contributed by atoms with Gasteiger partial charge in [-0.1, -0.05) is 36.4 Å². The Morgan fingerprint density at radius 3 is 2.33 bits per heavy atom. The highest BCUT2D eigenvalue weighted by atomic mass is 16.6. The predicted molar refractivity (Wildman–Crippen MR) is 123 cm³/mol. The van der Waals surface area contributed by atoms with Gasteiger partial charge in [0.15, 0.2) is 5.60 Å². The van der Waals surface area contributed by atoms with E-state index in [4.69, 9.17) is 4.74 Å². The van der Waals surface area contributed by atoms with Crippen LogP contribution in [0.5, 0.6) is 0 Å². The molecule has 164 valence electrons. The van der Waals surface area contributed by atoms with Gasteiger partial charge in [-0.3, -0.25) is 14.8 Å². The lowest BCUT2D eigenvalue weighted by molar-refractivity contribution is -0.134. The average Bonchev–Trinajstić information content (AvgIpc) is 3.49. The second kappa shape index (κ2) is 7.37. The zero-order valence-electron chi connectivity index (χ0n) is 18.1. The molecule has 0 radical (unpaired) electrons. The van der Waals surface area contributed by atoms with Crippen molar-refractivity contribution in [3.63, 3.8) is 0 Å². The van der Waals surface area contributed by atoms with Crippen LogP contribution in [0.4, 0.5) is 0 Å². The number of carbonyl (C=O) groups excluding carboxylic acids is 2. The van der Waals surface area contributed by atoms with E-state index in [2.05, 4.69) is 46.4 Å². The monoisotopic (exact) mass is 437 g/mol. The normalized spacial score (nSPS) is 22.5. The fourth-order valence-electron chi connectivity index (χ4n) is 5.13. The molecule has 4 heterocycles. The summed E-state index contributed by atoms with van der Waals surface area (Å²) in [6.07, 6.45) is 13.2. The molecule has 1 aliphatic carbocycles. The first-order valence-corrected chi connectivity index (χ1v) is 11.3. The van der Waals surface area contributed by atoms with E-state index in [1.807, 2.05) is 23.1 Å². The number of likely N-dealkylation sites (tertiary alicyclic amines) is 1. The Bertz CT molecular complexity index is 1270. The Morgan fingerprint density at radius 1 is 0.909 bits per heavy atom. The van der Waals surface area contributed by atoms with Crippen molar-refractivity contribution in [2.24, 2.45) is 0 Å². The Labute approximate surface area is 191 Å². The van der Waals surface area contributed by atoms with Crippen molar-refractivity contribution >= 4 is 24.0 Å². The molecule has 6 heteroatoms. The van der Waals surface area contributed by atoms with Gasteiger partial charge in [0.2, 0.25) is 5.91 Å². The summed E-state index contributed by atoms with van der Waals surface area (Å²) in [5.41, 5.74) is 3.42. The van der Waals surface area contributed by atoms with Crippen molar-refractivity contribution in [1.29, 1.82) is 0 Å². The molecule has 0 bridgehead atoms. The Kier molecular flexibility index (Phi) is 4.43. The van der Waals surface area contributed by atoms with Crippen LogP contribution in [0, 0.1) is 0 Å². The van der Waals surface area contributed by atoms with Crippen molar-refractivity contribution in [1.82, 2.24) is 14.9 Å². The van der Waals surface area contributed by atoms with Crippen LogP contribution < -0.4 is 0 Å². The van der Waals surface area contributed by atoms with Crippen LogP contribution in [0.1, 0.15) is 51.9 Å². The molecular weight excluding hydrogens is 414 g/mol. The van der Waals surface area contributed by atoms with Gasteiger partial charge in [-0.2, -0.15) is 0 Å². The van der Waals surface area contributed by atoms with Crippen molar-refractivity contribution in [2.45, 2.75) is 30.3 Å². The molecule has 6 nitrogen and oxygen atoms in total. The third-order valence-corrected chi connectivity index (χ3v) is 7.14. The first kappa shape index (κ1) is 19.9. The molecule has 3 aliphatic rings. The maximum atomic E-state index is 13.6. The zero-order valence-corrected chi connectivity index (χ0v) is 18.1. The molecule has 1 saturated carbocycles. The first-order valence-electron chi connectivity index (χ1n) is 11.3. The zero-order chi connectivity index (χ0) is 22.5.